The third kappa shape index (κ3) is 4.08. The average molecular weight is 310 g/mol. The third-order valence-electron chi connectivity index (χ3n) is 3.81. The van der Waals surface area contributed by atoms with E-state index in [0.717, 1.165) is 6.42 Å². The molecule has 1 aliphatic heterocycles. The number of likely N-dealkylation sites (tertiary alicyclic amines) is 1. The summed E-state index contributed by atoms with van der Waals surface area (Å²) in [7, 11) is 0. The quantitative estimate of drug-likeness (QED) is 0.763. The van der Waals surface area contributed by atoms with Crippen molar-refractivity contribution in [3.8, 4) is 0 Å². The summed E-state index contributed by atoms with van der Waals surface area (Å²) in [5, 5.41) is 12.0. The van der Waals surface area contributed by atoms with E-state index in [0.29, 0.717) is 12.5 Å². The van der Waals surface area contributed by atoms with Gasteiger partial charge in [0, 0.05) is 19.1 Å². The molecule has 1 saturated heterocycles. The molecule has 21 heavy (non-hydrogen) atoms. The molecule has 0 bridgehead atoms. The number of piperidine rings is 1. The lowest BCUT2D eigenvalue weighted by Crippen LogP contribution is -2.51. The maximum atomic E-state index is 12.2. The first-order valence-corrected chi connectivity index (χ1v) is 6.95. The third-order valence-corrected chi connectivity index (χ3v) is 3.81. The van der Waals surface area contributed by atoms with E-state index in [1.165, 1.54) is 0 Å². The lowest BCUT2D eigenvalue weighted by Gasteiger charge is -2.35. The van der Waals surface area contributed by atoms with Gasteiger partial charge in [-0.15, -0.1) is 0 Å². The van der Waals surface area contributed by atoms with Crippen LogP contribution in [0.25, 0.3) is 0 Å². The normalized spacial score (nSPS) is 30.9. The number of fused-ring (bicyclic) bond motifs is 1. The molecule has 0 radical (unpaired) electrons. The van der Waals surface area contributed by atoms with Crippen molar-refractivity contribution in [2.75, 3.05) is 13.1 Å². The van der Waals surface area contributed by atoms with Gasteiger partial charge < -0.3 is 15.2 Å². The fraction of sp³-hybridized carbons (Fsp3) is 0.923. The highest BCUT2D eigenvalue weighted by atomic mass is 19.4. The molecule has 2 fully saturated rings. The van der Waals surface area contributed by atoms with Gasteiger partial charge >= 0.3 is 12.1 Å². The Labute approximate surface area is 121 Å². The maximum absolute atomic E-state index is 12.2. The monoisotopic (exact) mass is 310 g/mol. The molecular weight excluding hydrogens is 289 g/mol. The molecule has 2 rings (SSSR count). The van der Waals surface area contributed by atoms with Crippen LogP contribution < -0.4 is 5.32 Å². The molecular formula is C13H21F3N2O3. The van der Waals surface area contributed by atoms with Crippen LogP contribution in [0.4, 0.5) is 13.2 Å². The first kappa shape index (κ1) is 16.5. The van der Waals surface area contributed by atoms with E-state index in [1.54, 1.807) is 25.7 Å². The van der Waals surface area contributed by atoms with Crippen LogP contribution in [0.3, 0.4) is 0 Å². The topological polar surface area (TPSA) is 61.8 Å². The van der Waals surface area contributed by atoms with Crippen LogP contribution in [0, 0.1) is 11.8 Å². The number of carbonyl (C=O) groups is 1. The average Bonchev–Trinajstić information content (AvgIpc) is 2.96. The Hall–Kier alpha value is -0.860. The highest BCUT2D eigenvalue weighted by Crippen LogP contribution is 2.50. The van der Waals surface area contributed by atoms with Gasteiger partial charge in [-0.2, -0.15) is 13.2 Å². The smallest absolute Gasteiger partial charge is 0.356 e. The van der Waals surface area contributed by atoms with Crippen LogP contribution in [-0.4, -0.2) is 53.2 Å². The highest BCUT2D eigenvalue weighted by molar-refractivity contribution is 5.81. The predicted molar refractivity (Wildman–Crippen MR) is 68.0 cm³/mol. The molecule has 0 aromatic carbocycles. The molecule has 1 heterocycles. The summed E-state index contributed by atoms with van der Waals surface area (Å²) in [4.78, 5) is 12.5. The number of nitrogens with zero attached hydrogens (tertiary/aromatic N) is 1. The van der Waals surface area contributed by atoms with Crippen molar-refractivity contribution in [3.05, 3.63) is 0 Å². The molecule has 1 amide bonds. The van der Waals surface area contributed by atoms with Gasteiger partial charge in [-0.3, -0.25) is 4.79 Å². The minimum atomic E-state index is -4.88. The summed E-state index contributed by atoms with van der Waals surface area (Å²) >= 11 is 0. The Morgan fingerprint density at radius 3 is 2.57 bits per heavy atom. The van der Waals surface area contributed by atoms with Crippen LogP contribution in [0.2, 0.25) is 0 Å². The Kier molecular flexibility index (Phi) is 4.25. The standard InChI is InChI=1S/C13H21F3N2O3/c1-12(2,3)21-11(20)18-6-7-4-8(7)9(18)5-17-10(19)13(14,15)16/h7-9,11,20H,4-6H2,1-3H3,(H,17,19)/t7-,8-,9?,11?/m1/s1. The van der Waals surface area contributed by atoms with E-state index in [9.17, 15) is 23.1 Å². The Morgan fingerprint density at radius 2 is 2.05 bits per heavy atom. The van der Waals surface area contributed by atoms with Gasteiger partial charge in [0.1, 0.15) is 0 Å². The molecule has 0 aromatic heterocycles. The molecule has 122 valence electrons. The molecule has 1 saturated carbocycles. The largest absolute Gasteiger partial charge is 0.471 e. The van der Waals surface area contributed by atoms with Gasteiger partial charge in [0.15, 0.2) is 0 Å². The van der Waals surface area contributed by atoms with Crippen molar-refractivity contribution in [1.82, 2.24) is 10.2 Å². The van der Waals surface area contributed by atoms with Crippen LogP contribution in [0.1, 0.15) is 27.2 Å². The van der Waals surface area contributed by atoms with Gasteiger partial charge in [-0.05, 0) is 39.0 Å². The first-order valence-electron chi connectivity index (χ1n) is 6.95. The number of aliphatic hydroxyl groups excluding tert-OH is 1. The number of alkyl halides is 3. The van der Waals surface area contributed by atoms with Gasteiger partial charge in [0.25, 0.3) is 0 Å². The van der Waals surface area contributed by atoms with E-state index >= 15 is 0 Å². The molecule has 2 N–H and O–H groups in total. The zero-order valence-electron chi connectivity index (χ0n) is 12.3. The second kappa shape index (κ2) is 5.40. The number of carbonyl (C=O) groups excluding carboxylic acids is 1. The summed E-state index contributed by atoms with van der Waals surface area (Å²) in [6.07, 6.45) is -5.14. The highest BCUT2D eigenvalue weighted by Gasteiger charge is 2.54. The number of hydrogen-bond donors (Lipinski definition) is 2. The first-order chi connectivity index (χ1) is 9.49. The fourth-order valence-corrected chi connectivity index (χ4v) is 2.81. The lowest BCUT2D eigenvalue weighted by atomic mass is 10.2. The van der Waals surface area contributed by atoms with Gasteiger partial charge in [0.05, 0.1) is 5.60 Å². The minimum Gasteiger partial charge on any atom is -0.356 e. The van der Waals surface area contributed by atoms with Crippen LogP contribution >= 0.6 is 0 Å². The van der Waals surface area contributed by atoms with Gasteiger partial charge in [0.2, 0.25) is 6.41 Å². The number of hydrogen-bond acceptors (Lipinski definition) is 4. The van der Waals surface area contributed by atoms with Crippen LogP contribution in [0.5, 0.6) is 0 Å². The Morgan fingerprint density at radius 1 is 1.43 bits per heavy atom. The predicted octanol–water partition coefficient (Wildman–Crippen LogP) is 1.08. The van der Waals surface area contributed by atoms with Crippen molar-refractivity contribution < 1.29 is 27.8 Å². The summed E-state index contributed by atoms with van der Waals surface area (Å²) in [6, 6.07) is -0.321. The van der Waals surface area contributed by atoms with Crippen molar-refractivity contribution in [1.29, 1.82) is 0 Å². The van der Waals surface area contributed by atoms with Crippen molar-refractivity contribution in [3.63, 3.8) is 0 Å². The molecule has 0 spiro atoms. The summed E-state index contributed by atoms with van der Waals surface area (Å²) in [6.45, 7) is 5.80. The van der Waals surface area contributed by atoms with E-state index < -0.39 is 24.1 Å². The SMILES string of the molecule is CC(C)(C)OC(O)N1C[C@H]2C[C@H]2C1CNC(=O)C(F)(F)F. The zero-order valence-corrected chi connectivity index (χ0v) is 12.3. The molecule has 1 aliphatic carbocycles. The fourth-order valence-electron chi connectivity index (χ4n) is 2.81. The number of amides is 1. The second-order valence-corrected chi connectivity index (χ2v) is 6.69. The number of aliphatic hydroxyl groups is 1. The molecule has 8 heteroatoms. The maximum Gasteiger partial charge on any atom is 0.471 e. The van der Waals surface area contributed by atoms with E-state index in [1.807, 2.05) is 5.32 Å². The number of nitrogens with one attached hydrogen (secondary N) is 1. The molecule has 5 nitrogen and oxygen atoms in total. The summed E-state index contributed by atoms with van der Waals surface area (Å²) < 4.78 is 42.1. The summed E-state index contributed by atoms with van der Waals surface area (Å²) in [5.41, 5.74) is -0.564. The summed E-state index contributed by atoms with van der Waals surface area (Å²) in [5.74, 6) is -1.36. The van der Waals surface area contributed by atoms with Crippen molar-refractivity contribution in [2.24, 2.45) is 11.8 Å². The molecule has 4 atom stereocenters. The second-order valence-electron chi connectivity index (χ2n) is 6.69. The van der Waals surface area contributed by atoms with E-state index in [-0.39, 0.29) is 18.5 Å². The number of ether oxygens (including phenoxy) is 1. The van der Waals surface area contributed by atoms with Crippen molar-refractivity contribution >= 4 is 5.91 Å². The number of rotatable bonds is 4. The molecule has 2 aliphatic rings. The zero-order chi connectivity index (χ0) is 16.0. The van der Waals surface area contributed by atoms with Gasteiger partial charge in [-0.1, -0.05) is 0 Å². The van der Waals surface area contributed by atoms with Gasteiger partial charge in [-0.25, -0.2) is 4.90 Å². The van der Waals surface area contributed by atoms with Crippen LogP contribution in [0.15, 0.2) is 0 Å². The molecule has 0 aromatic rings. The van der Waals surface area contributed by atoms with E-state index in [4.69, 9.17) is 4.74 Å². The number of halogens is 3. The molecule has 2 unspecified atom stereocenters. The van der Waals surface area contributed by atoms with Crippen molar-refractivity contribution in [2.45, 2.75) is 51.4 Å². The Bertz CT molecular complexity index is 408. The van der Waals surface area contributed by atoms with Crippen LogP contribution in [-0.2, 0) is 9.53 Å². The minimum absolute atomic E-state index is 0.135. The lowest BCUT2D eigenvalue weighted by molar-refractivity contribution is -0.244. The van der Waals surface area contributed by atoms with E-state index in [2.05, 4.69) is 0 Å². The Balaban J connectivity index is 1.92.